The van der Waals surface area contributed by atoms with Crippen LogP contribution in [0.4, 0.5) is 5.69 Å². The summed E-state index contributed by atoms with van der Waals surface area (Å²) >= 11 is 0. The van der Waals surface area contributed by atoms with E-state index < -0.39 is 0 Å². The molecule has 2 nitrogen and oxygen atoms in total. The number of benzene rings is 2. The summed E-state index contributed by atoms with van der Waals surface area (Å²) in [4.78, 5) is 14.9. The van der Waals surface area contributed by atoms with Gasteiger partial charge in [-0.15, -0.1) is 0 Å². The molecule has 1 saturated carbocycles. The van der Waals surface area contributed by atoms with Gasteiger partial charge in [-0.25, -0.2) is 0 Å². The quantitative estimate of drug-likeness (QED) is 0.829. The molecular formula is C19H19NO. The zero-order chi connectivity index (χ0) is 14.2. The highest BCUT2D eigenvalue weighted by molar-refractivity contribution is 5.92. The molecule has 106 valence electrons. The smallest absolute Gasteiger partial charge is 0.142 e. The number of hydrogen-bond acceptors (Lipinski definition) is 2. The lowest BCUT2D eigenvalue weighted by atomic mass is 9.81. The van der Waals surface area contributed by atoms with Crippen molar-refractivity contribution in [1.82, 2.24) is 0 Å². The maximum Gasteiger partial charge on any atom is 0.142 e. The number of hydrogen-bond donors (Lipinski definition) is 0. The molecule has 21 heavy (non-hydrogen) atoms. The lowest BCUT2D eigenvalue weighted by Crippen LogP contribution is -2.39. The van der Waals surface area contributed by atoms with Gasteiger partial charge in [-0.2, -0.15) is 0 Å². The Balaban J connectivity index is 1.74. The molecule has 0 amide bonds. The fraction of sp³-hybridized carbons (Fsp3) is 0.316. The van der Waals surface area contributed by atoms with Gasteiger partial charge in [0.05, 0.1) is 5.92 Å². The molecule has 2 aliphatic rings. The number of Topliss-reactive ketones (excluding diaryl/α,β-unsaturated/α-hetero) is 1. The van der Waals surface area contributed by atoms with E-state index in [4.69, 9.17) is 0 Å². The number of para-hydroxylation sites is 1. The first-order valence-corrected chi connectivity index (χ1v) is 7.77. The maximum atomic E-state index is 12.4. The fourth-order valence-electron chi connectivity index (χ4n) is 3.91. The van der Waals surface area contributed by atoms with E-state index in [1.54, 1.807) is 0 Å². The van der Waals surface area contributed by atoms with Crippen molar-refractivity contribution < 1.29 is 4.79 Å². The van der Waals surface area contributed by atoms with Crippen molar-refractivity contribution in [2.24, 2.45) is 0 Å². The minimum Gasteiger partial charge on any atom is -0.363 e. The molecule has 0 bridgehead atoms. The van der Waals surface area contributed by atoms with Crippen LogP contribution >= 0.6 is 0 Å². The summed E-state index contributed by atoms with van der Waals surface area (Å²) in [5.41, 5.74) is 3.81. The van der Waals surface area contributed by atoms with Crippen molar-refractivity contribution in [2.75, 3.05) is 4.90 Å². The van der Waals surface area contributed by atoms with Gasteiger partial charge in [-0.1, -0.05) is 48.5 Å². The molecule has 1 aliphatic heterocycles. The summed E-state index contributed by atoms with van der Waals surface area (Å²) in [7, 11) is 0. The highest BCUT2D eigenvalue weighted by Crippen LogP contribution is 2.46. The Morgan fingerprint density at radius 2 is 1.76 bits per heavy atom. The average molecular weight is 277 g/mol. The Bertz CT molecular complexity index is 664. The third-order valence-electron chi connectivity index (χ3n) is 4.83. The Morgan fingerprint density at radius 3 is 2.62 bits per heavy atom. The van der Waals surface area contributed by atoms with Crippen LogP contribution in [0.2, 0.25) is 0 Å². The molecule has 2 aromatic rings. The van der Waals surface area contributed by atoms with Crippen LogP contribution in [0, 0.1) is 0 Å². The molecule has 2 aromatic carbocycles. The first kappa shape index (κ1) is 12.6. The number of ketones is 1. The van der Waals surface area contributed by atoms with Crippen LogP contribution in [0.5, 0.6) is 0 Å². The normalized spacial score (nSPS) is 23.8. The molecule has 1 heterocycles. The summed E-state index contributed by atoms with van der Waals surface area (Å²) in [6, 6.07) is 19.4. The molecule has 0 N–H and O–H groups in total. The predicted octanol–water partition coefficient (Wildman–Crippen LogP) is 3.91. The van der Waals surface area contributed by atoms with Gasteiger partial charge in [0.2, 0.25) is 0 Å². The molecule has 2 atom stereocenters. The second kappa shape index (κ2) is 5.03. The molecule has 1 fully saturated rings. The molecule has 0 aromatic heterocycles. The van der Waals surface area contributed by atoms with Gasteiger partial charge in [-0.3, -0.25) is 4.79 Å². The standard InChI is InChI=1S/C19H19NO/c21-18-12-6-11-17-19(18)15-9-4-5-10-16(15)20(17)13-14-7-2-1-3-8-14/h1-5,7-10,17,19H,6,11-13H2/t17-,19+/m0/s1. The molecule has 0 saturated heterocycles. The Kier molecular flexibility index (Phi) is 3.03. The zero-order valence-corrected chi connectivity index (χ0v) is 12.0. The molecule has 0 radical (unpaired) electrons. The summed E-state index contributed by atoms with van der Waals surface area (Å²) in [5, 5.41) is 0. The van der Waals surface area contributed by atoms with Gasteiger partial charge in [0, 0.05) is 24.7 Å². The molecule has 0 spiro atoms. The second-order valence-corrected chi connectivity index (χ2v) is 6.08. The molecule has 0 unspecified atom stereocenters. The third-order valence-corrected chi connectivity index (χ3v) is 4.83. The van der Waals surface area contributed by atoms with E-state index >= 15 is 0 Å². The number of nitrogens with zero attached hydrogens (tertiary/aromatic N) is 1. The zero-order valence-electron chi connectivity index (χ0n) is 12.0. The SMILES string of the molecule is O=C1CCC[C@H]2[C@H]1c1ccccc1N2Cc1ccccc1. The van der Waals surface area contributed by atoms with Crippen LogP contribution in [-0.2, 0) is 11.3 Å². The number of fused-ring (bicyclic) bond motifs is 3. The van der Waals surface area contributed by atoms with Crippen molar-refractivity contribution in [3.8, 4) is 0 Å². The van der Waals surface area contributed by atoms with E-state index in [-0.39, 0.29) is 5.92 Å². The van der Waals surface area contributed by atoms with Crippen molar-refractivity contribution in [3.05, 3.63) is 65.7 Å². The minimum absolute atomic E-state index is 0.0960. The van der Waals surface area contributed by atoms with Crippen LogP contribution in [0.15, 0.2) is 54.6 Å². The van der Waals surface area contributed by atoms with Crippen LogP contribution < -0.4 is 4.90 Å². The minimum atomic E-state index is 0.0960. The Hall–Kier alpha value is -2.09. The van der Waals surface area contributed by atoms with Gasteiger partial charge >= 0.3 is 0 Å². The Morgan fingerprint density at radius 1 is 1.00 bits per heavy atom. The van der Waals surface area contributed by atoms with Crippen LogP contribution in [-0.4, -0.2) is 11.8 Å². The van der Waals surface area contributed by atoms with Crippen molar-refractivity contribution in [2.45, 2.75) is 37.8 Å². The monoisotopic (exact) mass is 277 g/mol. The number of rotatable bonds is 2. The lowest BCUT2D eigenvalue weighted by molar-refractivity contribution is -0.122. The molecule has 2 heteroatoms. The van der Waals surface area contributed by atoms with Gasteiger partial charge < -0.3 is 4.90 Å². The van der Waals surface area contributed by atoms with Gasteiger partial charge in [-0.05, 0) is 30.0 Å². The largest absolute Gasteiger partial charge is 0.363 e. The molecule has 1 aliphatic carbocycles. The summed E-state index contributed by atoms with van der Waals surface area (Å²) in [6.07, 6.45) is 2.89. The number of carbonyl (C=O) groups is 1. The van der Waals surface area contributed by atoms with E-state index in [9.17, 15) is 4.79 Å². The predicted molar refractivity (Wildman–Crippen MR) is 84.5 cm³/mol. The average Bonchev–Trinajstić information content (AvgIpc) is 2.84. The van der Waals surface area contributed by atoms with Crippen LogP contribution in [0.3, 0.4) is 0 Å². The summed E-state index contributed by atoms with van der Waals surface area (Å²) in [6.45, 7) is 0.895. The van der Waals surface area contributed by atoms with Gasteiger partial charge in [0.15, 0.2) is 0 Å². The van der Waals surface area contributed by atoms with Gasteiger partial charge in [0.1, 0.15) is 5.78 Å². The van der Waals surface area contributed by atoms with E-state index in [2.05, 4.69) is 53.4 Å². The number of anilines is 1. The van der Waals surface area contributed by atoms with E-state index in [0.717, 1.165) is 25.8 Å². The lowest BCUT2D eigenvalue weighted by Gasteiger charge is -2.33. The molecule has 4 rings (SSSR count). The second-order valence-electron chi connectivity index (χ2n) is 6.08. The van der Waals surface area contributed by atoms with Crippen molar-refractivity contribution >= 4 is 11.5 Å². The topological polar surface area (TPSA) is 20.3 Å². The van der Waals surface area contributed by atoms with E-state index in [1.807, 2.05) is 6.07 Å². The first-order chi connectivity index (χ1) is 10.3. The summed E-state index contributed by atoms with van der Waals surface area (Å²) in [5.74, 6) is 0.521. The third kappa shape index (κ3) is 2.06. The van der Waals surface area contributed by atoms with E-state index in [0.29, 0.717) is 11.8 Å². The molecular weight excluding hydrogens is 258 g/mol. The Labute approximate surface area is 125 Å². The van der Waals surface area contributed by atoms with Crippen LogP contribution in [0.1, 0.15) is 36.3 Å². The van der Waals surface area contributed by atoms with Crippen molar-refractivity contribution in [1.29, 1.82) is 0 Å². The first-order valence-electron chi connectivity index (χ1n) is 7.77. The van der Waals surface area contributed by atoms with Crippen LogP contribution in [0.25, 0.3) is 0 Å². The number of carbonyl (C=O) groups excluding carboxylic acids is 1. The highest BCUT2D eigenvalue weighted by atomic mass is 16.1. The van der Waals surface area contributed by atoms with Gasteiger partial charge in [0.25, 0.3) is 0 Å². The summed E-state index contributed by atoms with van der Waals surface area (Å²) < 4.78 is 0. The van der Waals surface area contributed by atoms with E-state index in [1.165, 1.54) is 16.8 Å². The van der Waals surface area contributed by atoms with Crippen molar-refractivity contribution in [3.63, 3.8) is 0 Å². The highest BCUT2D eigenvalue weighted by Gasteiger charge is 2.43. The maximum absolute atomic E-state index is 12.4. The fourth-order valence-corrected chi connectivity index (χ4v) is 3.91.